The summed E-state index contributed by atoms with van der Waals surface area (Å²) in [5.41, 5.74) is 4.55. The number of pyridine rings is 1. The van der Waals surface area contributed by atoms with Crippen molar-refractivity contribution in [3.8, 4) is 5.75 Å². The number of benzene rings is 1. The first kappa shape index (κ1) is 16.5. The van der Waals surface area contributed by atoms with Gasteiger partial charge in [-0.1, -0.05) is 12.1 Å². The van der Waals surface area contributed by atoms with E-state index in [0.29, 0.717) is 5.75 Å². The van der Waals surface area contributed by atoms with Crippen molar-refractivity contribution >= 4 is 5.70 Å². The maximum absolute atomic E-state index is 8.06. The Hall–Kier alpha value is -2.92. The zero-order valence-electron chi connectivity index (χ0n) is 14.9. The van der Waals surface area contributed by atoms with E-state index < -0.39 is 0 Å². The number of hydrogen-bond donors (Lipinski definition) is 0. The zero-order valence-corrected chi connectivity index (χ0v) is 14.9. The van der Waals surface area contributed by atoms with Crippen molar-refractivity contribution in [1.82, 2.24) is 19.4 Å². The van der Waals surface area contributed by atoms with Crippen LogP contribution < -0.4 is 0 Å². The number of rotatable bonds is 5. The molecule has 0 atom stereocenters. The number of aryl methyl sites for hydroxylation is 1. The van der Waals surface area contributed by atoms with Crippen LogP contribution in [0.1, 0.15) is 29.1 Å². The Kier molecular flexibility index (Phi) is 4.54. The first-order valence-corrected chi connectivity index (χ1v) is 8.87. The van der Waals surface area contributed by atoms with Gasteiger partial charge in [0.2, 0.25) is 0 Å². The number of hydrogen-bond acceptors (Lipinski definition) is 3. The fourth-order valence-corrected chi connectivity index (χ4v) is 3.50. The second kappa shape index (κ2) is 7.14. The topological polar surface area (TPSA) is 56.9 Å². The standard InChI is InChI=1S/C21H22N4O/c1-24(15-17-5-2-3-10-22-17)14-16-13-18(26)8-9-19(16)20-6-4-7-21-23-11-12-25(20)21/h2-3,5-6,8-13,26H,4,7,14-15H2,1H3/p+1. The van der Waals surface area contributed by atoms with Crippen LogP contribution >= 0.6 is 0 Å². The molecular formula is C21H23N4O+. The smallest absolute Gasteiger partial charge is 0.254 e. The number of aromatic nitrogens is 3. The third-order valence-corrected chi connectivity index (χ3v) is 4.66. The largest absolute Gasteiger partial charge is 0.593 e. The molecule has 1 aromatic carbocycles. The molecule has 4 rings (SSSR count). The van der Waals surface area contributed by atoms with E-state index in [-0.39, 0.29) is 0 Å². The molecule has 0 saturated carbocycles. The van der Waals surface area contributed by atoms with E-state index in [1.54, 1.807) is 0 Å². The van der Waals surface area contributed by atoms with Crippen molar-refractivity contribution in [2.75, 3.05) is 7.05 Å². The highest BCUT2D eigenvalue weighted by Gasteiger charge is 2.18. The van der Waals surface area contributed by atoms with Crippen LogP contribution in [0.5, 0.6) is 5.75 Å². The van der Waals surface area contributed by atoms with Crippen LogP contribution in [-0.2, 0) is 19.5 Å². The summed E-state index contributed by atoms with van der Waals surface area (Å²) < 4.78 is 2.17. The molecule has 0 bridgehead atoms. The fraction of sp³-hybridized carbons (Fsp3) is 0.238. The molecule has 26 heavy (non-hydrogen) atoms. The van der Waals surface area contributed by atoms with Crippen LogP contribution in [0.2, 0.25) is 0 Å². The Morgan fingerprint density at radius 2 is 2.04 bits per heavy atom. The van der Waals surface area contributed by atoms with Gasteiger partial charge in [0.15, 0.2) is 0 Å². The second-order valence-corrected chi connectivity index (χ2v) is 6.71. The van der Waals surface area contributed by atoms with Crippen LogP contribution in [0.25, 0.3) is 5.70 Å². The van der Waals surface area contributed by atoms with Gasteiger partial charge in [0.25, 0.3) is 5.75 Å². The molecule has 0 amide bonds. The Labute approximate surface area is 153 Å². The summed E-state index contributed by atoms with van der Waals surface area (Å²) >= 11 is 0. The Balaban J connectivity index is 1.63. The third-order valence-electron chi connectivity index (χ3n) is 4.66. The van der Waals surface area contributed by atoms with E-state index in [1.165, 1.54) is 11.3 Å². The molecular weight excluding hydrogens is 324 g/mol. The van der Waals surface area contributed by atoms with E-state index in [9.17, 15) is 0 Å². The number of nitrogens with zero attached hydrogens (tertiary/aromatic N) is 4. The lowest BCUT2D eigenvalue weighted by molar-refractivity contribution is 0.314. The van der Waals surface area contributed by atoms with Gasteiger partial charge < -0.3 is 9.67 Å². The molecule has 3 aromatic rings. The van der Waals surface area contributed by atoms with E-state index in [0.717, 1.165) is 43.0 Å². The van der Waals surface area contributed by atoms with Gasteiger partial charge in [-0.3, -0.25) is 9.88 Å². The summed E-state index contributed by atoms with van der Waals surface area (Å²) in [5.74, 6) is 1.64. The summed E-state index contributed by atoms with van der Waals surface area (Å²) in [7, 11) is 2.09. The lowest BCUT2D eigenvalue weighted by Crippen LogP contribution is -2.19. The van der Waals surface area contributed by atoms with Crippen LogP contribution in [0.15, 0.2) is 61.1 Å². The minimum Gasteiger partial charge on any atom is -0.593 e. The summed E-state index contributed by atoms with van der Waals surface area (Å²) in [5, 5.41) is 8.06. The first-order chi connectivity index (χ1) is 12.7. The monoisotopic (exact) mass is 347 g/mol. The normalized spacial score (nSPS) is 13.5. The molecule has 0 fully saturated rings. The van der Waals surface area contributed by atoms with Gasteiger partial charge in [-0.15, -0.1) is 0 Å². The van der Waals surface area contributed by atoms with Gasteiger partial charge in [-0.25, -0.2) is 4.98 Å². The Morgan fingerprint density at radius 1 is 1.12 bits per heavy atom. The zero-order chi connectivity index (χ0) is 17.9. The van der Waals surface area contributed by atoms with Crippen LogP contribution in [0.4, 0.5) is 0 Å². The molecule has 0 saturated heterocycles. The van der Waals surface area contributed by atoms with Crippen LogP contribution in [0, 0.1) is 0 Å². The van der Waals surface area contributed by atoms with Gasteiger partial charge >= 0.3 is 0 Å². The SMILES string of the molecule is CN(Cc1ccccn1)Cc1cc([OH2+])ccc1C1=CCCc2nccn21. The predicted octanol–water partition coefficient (Wildman–Crippen LogP) is 3.18. The number of imidazole rings is 1. The minimum atomic E-state index is 0.539. The average molecular weight is 347 g/mol. The van der Waals surface area contributed by atoms with Crippen molar-refractivity contribution in [3.05, 3.63) is 83.7 Å². The van der Waals surface area contributed by atoms with Crippen molar-refractivity contribution in [1.29, 1.82) is 0 Å². The van der Waals surface area contributed by atoms with Crippen molar-refractivity contribution < 1.29 is 5.11 Å². The quantitative estimate of drug-likeness (QED) is 0.666. The Morgan fingerprint density at radius 3 is 2.88 bits per heavy atom. The maximum Gasteiger partial charge on any atom is 0.254 e. The number of fused-ring (bicyclic) bond motifs is 1. The van der Waals surface area contributed by atoms with E-state index >= 15 is 0 Å². The first-order valence-electron chi connectivity index (χ1n) is 8.87. The predicted molar refractivity (Wildman–Crippen MR) is 103 cm³/mol. The second-order valence-electron chi connectivity index (χ2n) is 6.71. The molecule has 2 aromatic heterocycles. The molecule has 1 aliphatic heterocycles. The highest BCUT2D eigenvalue weighted by molar-refractivity contribution is 5.70. The van der Waals surface area contributed by atoms with E-state index in [2.05, 4.69) is 38.6 Å². The molecule has 132 valence electrons. The summed E-state index contributed by atoms with van der Waals surface area (Å²) in [6.45, 7) is 1.54. The third kappa shape index (κ3) is 3.39. The van der Waals surface area contributed by atoms with Crippen molar-refractivity contribution in [2.24, 2.45) is 0 Å². The fourth-order valence-electron chi connectivity index (χ4n) is 3.50. The molecule has 0 unspecified atom stereocenters. The molecule has 5 heteroatoms. The molecule has 2 N–H and O–H groups in total. The lowest BCUT2D eigenvalue weighted by atomic mass is 10.00. The number of allylic oxidation sites excluding steroid dienone is 1. The van der Waals surface area contributed by atoms with Crippen LogP contribution in [0.3, 0.4) is 0 Å². The van der Waals surface area contributed by atoms with Crippen LogP contribution in [-0.4, -0.2) is 31.6 Å². The maximum atomic E-state index is 8.06. The molecule has 0 radical (unpaired) electrons. The summed E-state index contributed by atoms with van der Waals surface area (Å²) in [4.78, 5) is 11.1. The summed E-state index contributed by atoms with van der Waals surface area (Å²) in [6.07, 6.45) is 9.96. The van der Waals surface area contributed by atoms with Gasteiger partial charge in [0, 0.05) is 55.8 Å². The molecule has 5 nitrogen and oxygen atoms in total. The van der Waals surface area contributed by atoms with Gasteiger partial charge in [0.05, 0.1) is 11.4 Å². The van der Waals surface area contributed by atoms with Gasteiger partial charge in [-0.2, -0.15) is 0 Å². The average Bonchev–Trinajstić information content (AvgIpc) is 3.12. The molecule has 3 heterocycles. The molecule has 0 aliphatic carbocycles. The Bertz CT molecular complexity index is 930. The van der Waals surface area contributed by atoms with Crippen molar-refractivity contribution in [3.63, 3.8) is 0 Å². The molecule has 0 spiro atoms. The minimum absolute atomic E-state index is 0.539. The van der Waals surface area contributed by atoms with E-state index in [1.807, 2.05) is 48.9 Å². The highest BCUT2D eigenvalue weighted by atomic mass is 16.3. The lowest BCUT2D eigenvalue weighted by Gasteiger charge is -2.22. The summed E-state index contributed by atoms with van der Waals surface area (Å²) in [6, 6.07) is 11.9. The van der Waals surface area contributed by atoms with Gasteiger partial charge in [-0.05, 0) is 37.2 Å². The van der Waals surface area contributed by atoms with E-state index in [4.69, 9.17) is 5.11 Å². The molecule has 1 aliphatic rings. The highest BCUT2D eigenvalue weighted by Crippen LogP contribution is 2.29. The van der Waals surface area contributed by atoms with Gasteiger partial charge in [0.1, 0.15) is 5.82 Å². The van der Waals surface area contributed by atoms with Crippen molar-refractivity contribution in [2.45, 2.75) is 25.9 Å².